The molecule has 0 aromatic heterocycles. The minimum atomic E-state index is -4.68. The van der Waals surface area contributed by atoms with Crippen LogP contribution in [-0.2, 0) is 14.6 Å². The van der Waals surface area contributed by atoms with Crippen molar-refractivity contribution in [3.8, 4) is 0 Å². The Morgan fingerprint density at radius 3 is 2.58 bits per heavy atom. The lowest BCUT2D eigenvalue weighted by Crippen LogP contribution is -2.25. The normalized spacial score (nSPS) is 13.5. The number of aliphatic hydroxyl groups excluding tert-OH is 1. The van der Waals surface area contributed by atoms with Crippen molar-refractivity contribution in [1.29, 1.82) is 0 Å². The van der Waals surface area contributed by atoms with Crippen molar-refractivity contribution in [1.82, 2.24) is 0 Å². The van der Waals surface area contributed by atoms with Crippen molar-refractivity contribution in [2.45, 2.75) is 16.8 Å². The van der Waals surface area contributed by atoms with E-state index in [-0.39, 0.29) is 18.8 Å². The maximum Gasteiger partial charge on any atom is 0.341 e. The molecule has 0 bridgehead atoms. The second-order valence-corrected chi connectivity index (χ2v) is 5.68. The highest BCUT2D eigenvalue weighted by Crippen LogP contribution is 2.25. The lowest BCUT2D eigenvalue weighted by molar-refractivity contribution is 0.0727. The van der Waals surface area contributed by atoms with Gasteiger partial charge in [-0.25, -0.2) is 8.42 Å². The molecule has 0 aliphatic heterocycles. The third kappa shape index (κ3) is 4.12. The summed E-state index contributed by atoms with van der Waals surface area (Å²) in [5.41, 5.74) is 0.0259. The Kier molecular flexibility index (Phi) is 5.64. The summed E-state index contributed by atoms with van der Waals surface area (Å²) >= 11 is 0. The van der Waals surface area contributed by atoms with Crippen LogP contribution in [0.15, 0.2) is 29.2 Å². The predicted molar refractivity (Wildman–Crippen MR) is 66.0 cm³/mol. The second kappa shape index (κ2) is 6.78. The van der Waals surface area contributed by atoms with Gasteiger partial charge < -0.3 is 15.2 Å². The van der Waals surface area contributed by atoms with E-state index in [1.807, 2.05) is 0 Å². The molecule has 0 radical (unpaired) electrons. The van der Waals surface area contributed by atoms with Gasteiger partial charge in [-0.05, 0) is 12.1 Å². The number of methoxy groups -OCH3 is 1. The van der Waals surface area contributed by atoms with Gasteiger partial charge in [0.2, 0.25) is 9.84 Å². The third-order valence-electron chi connectivity index (χ3n) is 2.32. The van der Waals surface area contributed by atoms with E-state index in [4.69, 9.17) is 4.74 Å². The molecule has 8 heteroatoms. The molecule has 0 heterocycles. The average Bonchev–Trinajstić information content (AvgIpc) is 2.37. The molecule has 0 aliphatic carbocycles. The van der Waals surface area contributed by atoms with Gasteiger partial charge in [-0.15, -0.1) is 0 Å². The molecule has 0 saturated heterocycles. The number of alkyl halides is 2. The first-order valence-corrected chi connectivity index (χ1v) is 6.96. The summed E-state index contributed by atoms with van der Waals surface area (Å²) < 4.78 is 52.6. The maximum atomic E-state index is 12.5. The van der Waals surface area contributed by atoms with Crippen LogP contribution in [-0.4, -0.2) is 45.6 Å². The number of rotatable bonds is 7. The van der Waals surface area contributed by atoms with E-state index >= 15 is 0 Å². The molecular formula is C11H15F2NO4S. The van der Waals surface area contributed by atoms with Gasteiger partial charge in [-0.3, -0.25) is 0 Å². The smallest absolute Gasteiger partial charge is 0.341 e. The first-order valence-electron chi connectivity index (χ1n) is 5.41. The molecule has 0 aliphatic rings. The van der Waals surface area contributed by atoms with Crippen molar-refractivity contribution in [3.63, 3.8) is 0 Å². The highest BCUT2D eigenvalue weighted by atomic mass is 32.2. The zero-order valence-corrected chi connectivity index (χ0v) is 11.0. The molecule has 1 unspecified atom stereocenters. The zero-order valence-electron chi connectivity index (χ0n) is 10.2. The second-order valence-electron chi connectivity index (χ2n) is 3.79. The lowest BCUT2D eigenvalue weighted by atomic mass is 10.3. The molecule has 1 rings (SSSR count). The van der Waals surface area contributed by atoms with Crippen LogP contribution in [0.1, 0.15) is 0 Å². The van der Waals surface area contributed by atoms with Crippen molar-refractivity contribution in [2.24, 2.45) is 0 Å². The number of hydrogen-bond donors (Lipinski definition) is 2. The number of hydrogen-bond acceptors (Lipinski definition) is 5. The fraction of sp³-hybridized carbons (Fsp3) is 0.455. The Morgan fingerprint density at radius 2 is 2.00 bits per heavy atom. The summed E-state index contributed by atoms with van der Waals surface area (Å²) in [5.74, 6) is -3.49. The minimum Gasteiger partial charge on any atom is -0.389 e. The largest absolute Gasteiger partial charge is 0.389 e. The molecule has 1 aromatic rings. The van der Waals surface area contributed by atoms with E-state index in [2.05, 4.69) is 5.32 Å². The summed E-state index contributed by atoms with van der Waals surface area (Å²) in [6.07, 6.45) is -0.868. The predicted octanol–water partition coefficient (Wildman–Crippen LogP) is 1.10. The molecule has 19 heavy (non-hydrogen) atoms. The van der Waals surface area contributed by atoms with Crippen LogP contribution in [0.25, 0.3) is 0 Å². The van der Waals surface area contributed by atoms with Gasteiger partial charge in [0.1, 0.15) is 0 Å². The monoisotopic (exact) mass is 295 g/mol. The summed E-state index contributed by atoms with van der Waals surface area (Å²) in [6, 6.07) is 5.31. The SMILES string of the molecule is COCC(O)CNc1ccccc1S(=O)(=O)C(F)F. The van der Waals surface area contributed by atoms with Gasteiger partial charge in [-0.1, -0.05) is 12.1 Å². The van der Waals surface area contributed by atoms with Gasteiger partial charge >= 0.3 is 5.76 Å². The topological polar surface area (TPSA) is 75.6 Å². The number of sulfone groups is 1. The van der Waals surface area contributed by atoms with Crippen LogP contribution in [0.2, 0.25) is 0 Å². The number of benzene rings is 1. The number of anilines is 1. The van der Waals surface area contributed by atoms with E-state index in [1.54, 1.807) is 0 Å². The number of aliphatic hydroxyl groups is 1. The Bertz CT molecular complexity index is 507. The fourth-order valence-electron chi connectivity index (χ4n) is 1.44. The summed E-state index contributed by atoms with van der Waals surface area (Å²) in [5, 5.41) is 12.0. The molecule has 0 amide bonds. The van der Waals surface area contributed by atoms with Gasteiger partial charge in [-0.2, -0.15) is 8.78 Å². The summed E-state index contributed by atoms with van der Waals surface area (Å²) in [6.45, 7) is 0.0420. The van der Waals surface area contributed by atoms with Crippen LogP contribution >= 0.6 is 0 Å². The molecular weight excluding hydrogens is 280 g/mol. The van der Waals surface area contributed by atoms with Gasteiger partial charge in [0, 0.05) is 13.7 Å². The highest BCUT2D eigenvalue weighted by molar-refractivity contribution is 7.91. The minimum absolute atomic E-state index is 0.0103. The molecule has 108 valence electrons. The first-order chi connectivity index (χ1) is 8.89. The third-order valence-corrected chi connectivity index (χ3v) is 3.75. The zero-order chi connectivity index (χ0) is 14.5. The van der Waals surface area contributed by atoms with Crippen LogP contribution in [0.5, 0.6) is 0 Å². The van der Waals surface area contributed by atoms with E-state index in [0.29, 0.717) is 0 Å². The van der Waals surface area contributed by atoms with Crippen molar-refractivity contribution < 1.29 is 27.0 Å². The maximum absolute atomic E-state index is 12.5. The van der Waals surface area contributed by atoms with Crippen LogP contribution < -0.4 is 5.32 Å². The Hall–Kier alpha value is -1.25. The van der Waals surface area contributed by atoms with Crippen LogP contribution in [0.4, 0.5) is 14.5 Å². The van der Waals surface area contributed by atoms with Gasteiger partial charge in [0.25, 0.3) is 0 Å². The number of halogens is 2. The molecule has 0 spiro atoms. The van der Waals surface area contributed by atoms with Crippen molar-refractivity contribution in [3.05, 3.63) is 24.3 Å². The van der Waals surface area contributed by atoms with Crippen LogP contribution in [0, 0.1) is 0 Å². The molecule has 1 aromatic carbocycles. The van der Waals surface area contributed by atoms with E-state index < -0.39 is 26.6 Å². The van der Waals surface area contributed by atoms with Gasteiger partial charge in [0.05, 0.1) is 23.3 Å². The fourth-order valence-corrected chi connectivity index (χ4v) is 2.34. The number of nitrogens with one attached hydrogen (secondary N) is 1. The van der Waals surface area contributed by atoms with Gasteiger partial charge in [0.15, 0.2) is 0 Å². The van der Waals surface area contributed by atoms with E-state index in [0.717, 1.165) is 6.07 Å². The van der Waals surface area contributed by atoms with E-state index in [9.17, 15) is 22.3 Å². The highest BCUT2D eigenvalue weighted by Gasteiger charge is 2.28. The van der Waals surface area contributed by atoms with E-state index in [1.165, 1.54) is 25.3 Å². The first kappa shape index (κ1) is 15.8. The van der Waals surface area contributed by atoms with Crippen molar-refractivity contribution >= 4 is 15.5 Å². The Balaban J connectivity index is 2.91. The van der Waals surface area contributed by atoms with Crippen molar-refractivity contribution in [2.75, 3.05) is 25.6 Å². The molecule has 5 nitrogen and oxygen atoms in total. The Morgan fingerprint density at radius 1 is 1.37 bits per heavy atom. The Labute approximate surface area is 110 Å². The molecule has 0 saturated carbocycles. The molecule has 2 N–H and O–H groups in total. The standard InChI is InChI=1S/C11H15F2NO4S/c1-18-7-8(15)6-14-9-4-2-3-5-10(9)19(16,17)11(12)13/h2-5,8,11,14-15H,6-7H2,1H3. The summed E-state index contributed by atoms with van der Waals surface area (Å²) in [7, 11) is -3.28. The number of para-hydroxylation sites is 1. The molecule has 0 fully saturated rings. The number of ether oxygens (including phenoxy) is 1. The summed E-state index contributed by atoms with van der Waals surface area (Å²) in [4.78, 5) is -0.491. The molecule has 1 atom stereocenters. The van der Waals surface area contributed by atoms with Crippen LogP contribution in [0.3, 0.4) is 0 Å². The average molecular weight is 295 g/mol. The quantitative estimate of drug-likeness (QED) is 0.788. The lowest BCUT2D eigenvalue weighted by Gasteiger charge is -2.14.